The van der Waals surface area contributed by atoms with E-state index < -0.39 is 46.1 Å². The number of carbonyl (C=O) groups is 2. The second-order valence-corrected chi connectivity index (χ2v) is 11.4. The van der Waals surface area contributed by atoms with Gasteiger partial charge in [0.15, 0.2) is 0 Å². The van der Waals surface area contributed by atoms with Crippen molar-refractivity contribution in [3.63, 3.8) is 0 Å². The van der Waals surface area contributed by atoms with Gasteiger partial charge in [-0.05, 0) is 68.3 Å². The lowest BCUT2D eigenvalue weighted by atomic mass is 10.1. The van der Waals surface area contributed by atoms with Crippen molar-refractivity contribution in [3.8, 4) is 0 Å². The Labute approximate surface area is 232 Å². The average Bonchev–Trinajstić information content (AvgIpc) is 2.90. The van der Waals surface area contributed by atoms with Crippen LogP contribution in [-0.2, 0) is 26.2 Å². The Bertz CT molecular complexity index is 1400. The standard InChI is InChI=1S/C28H30ClF2N3O4S/c1-4-26(28(36)32-19(2)3)33(17-20-10-12-21(30)13-11-20)27(35)18-34(22-14-15-25(31)24(29)16-22)39(37,38)23-8-6-5-7-9-23/h5-16,19,26H,4,17-18H2,1-3H3,(H,32,36)/t26-/m0/s1. The van der Waals surface area contributed by atoms with Crippen LogP contribution < -0.4 is 9.62 Å². The predicted molar refractivity (Wildman–Crippen MR) is 147 cm³/mol. The van der Waals surface area contributed by atoms with Crippen LogP contribution in [0.3, 0.4) is 0 Å². The molecule has 0 unspecified atom stereocenters. The molecule has 1 atom stereocenters. The van der Waals surface area contributed by atoms with Crippen LogP contribution in [0.2, 0.25) is 5.02 Å². The van der Waals surface area contributed by atoms with E-state index >= 15 is 0 Å². The number of anilines is 1. The Hall–Kier alpha value is -3.50. The molecule has 0 aliphatic carbocycles. The van der Waals surface area contributed by atoms with Crippen molar-refractivity contribution >= 4 is 39.1 Å². The van der Waals surface area contributed by atoms with Crippen LogP contribution in [0, 0.1) is 11.6 Å². The van der Waals surface area contributed by atoms with Crippen LogP contribution in [0.5, 0.6) is 0 Å². The minimum atomic E-state index is -4.31. The summed E-state index contributed by atoms with van der Waals surface area (Å²) in [7, 11) is -4.31. The zero-order valence-corrected chi connectivity index (χ0v) is 23.3. The average molecular weight is 578 g/mol. The molecule has 0 aliphatic heterocycles. The Morgan fingerprint density at radius 3 is 2.18 bits per heavy atom. The molecule has 0 bridgehead atoms. The first-order chi connectivity index (χ1) is 18.4. The van der Waals surface area contributed by atoms with Gasteiger partial charge >= 0.3 is 0 Å². The summed E-state index contributed by atoms with van der Waals surface area (Å²) in [6.07, 6.45) is 0.235. The van der Waals surface area contributed by atoms with E-state index in [1.165, 1.54) is 59.5 Å². The highest BCUT2D eigenvalue weighted by atomic mass is 35.5. The van der Waals surface area contributed by atoms with E-state index in [2.05, 4.69) is 5.32 Å². The highest BCUT2D eigenvalue weighted by molar-refractivity contribution is 7.92. The fraction of sp³-hybridized carbons (Fsp3) is 0.286. The molecular weight excluding hydrogens is 548 g/mol. The molecule has 0 saturated carbocycles. The number of hydrogen-bond acceptors (Lipinski definition) is 4. The quantitative estimate of drug-likeness (QED) is 0.342. The van der Waals surface area contributed by atoms with Gasteiger partial charge in [0.05, 0.1) is 15.6 Å². The summed E-state index contributed by atoms with van der Waals surface area (Å²) in [5.74, 6) is -2.32. The topological polar surface area (TPSA) is 86.8 Å². The first-order valence-electron chi connectivity index (χ1n) is 12.3. The van der Waals surface area contributed by atoms with E-state index in [-0.39, 0.29) is 34.6 Å². The van der Waals surface area contributed by atoms with E-state index in [0.717, 1.165) is 16.4 Å². The molecule has 3 rings (SSSR count). The number of sulfonamides is 1. The van der Waals surface area contributed by atoms with Crippen molar-refractivity contribution in [2.75, 3.05) is 10.8 Å². The van der Waals surface area contributed by atoms with Crippen molar-refractivity contribution in [1.82, 2.24) is 10.2 Å². The molecule has 208 valence electrons. The summed E-state index contributed by atoms with van der Waals surface area (Å²) in [6, 6.07) is 15.1. The zero-order valence-electron chi connectivity index (χ0n) is 21.8. The summed E-state index contributed by atoms with van der Waals surface area (Å²) in [5.41, 5.74) is 0.517. The molecule has 0 radical (unpaired) electrons. The highest BCUT2D eigenvalue weighted by Gasteiger charge is 2.34. The normalized spacial score (nSPS) is 12.2. The SMILES string of the molecule is CC[C@@H](C(=O)NC(C)C)N(Cc1ccc(F)cc1)C(=O)CN(c1ccc(F)c(Cl)c1)S(=O)(=O)c1ccccc1. The largest absolute Gasteiger partial charge is 0.352 e. The summed E-state index contributed by atoms with van der Waals surface area (Å²) in [6.45, 7) is 4.51. The van der Waals surface area contributed by atoms with E-state index in [1.807, 2.05) is 0 Å². The van der Waals surface area contributed by atoms with E-state index in [9.17, 15) is 26.8 Å². The summed E-state index contributed by atoms with van der Waals surface area (Å²) in [4.78, 5) is 28.1. The van der Waals surface area contributed by atoms with E-state index in [0.29, 0.717) is 5.56 Å². The van der Waals surface area contributed by atoms with Crippen LogP contribution >= 0.6 is 11.6 Å². The molecule has 39 heavy (non-hydrogen) atoms. The van der Waals surface area contributed by atoms with Crippen molar-refractivity contribution < 1.29 is 26.8 Å². The van der Waals surface area contributed by atoms with Gasteiger partial charge in [-0.25, -0.2) is 17.2 Å². The van der Waals surface area contributed by atoms with Crippen molar-refractivity contribution in [3.05, 3.63) is 95.0 Å². The number of nitrogens with zero attached hydrogens (tertiary/aromatic N) is 2. The zero-order chi connectivity index (χ0) is 28.7. The third-order valence-electron chi connectivity index (χ3n) is 5.88. The number of nitrogens with one attached hydrogen (secondary N) is 1. The van der Waals surface area contributed by atoms with Gasteiger partial charge < -0.3 is 10.2 Å². The van der Waals surface area contributed by atoms with E-state index in [4.69, 9.17) is 11.6 Å². The lowest BCUT2D eigenvalue weighted by Gasteiger charge is -2.33. The Morgan fingerprint density at radius 1 is 0.974 bits per heavy atom. The molecule has 7 nitrogen and oxygen atoms in total. The molecular formula is C28H30ClF2N3O4S. The summed E-state index contributed by atoms with van der Waals surface area (Å²) in [5, 5.41) is 2.47. The van der Waals surface area contributed by atoms with Crippen molar-refractivity contribution in [2.45, 2.75) is 50.7 Å². The number of carbonyl (C=O) groups excluding carboxylic acids is 2. The Morgan fingerprint density at radius 2 is 1.62 bits per heavy atom. The molecule has 3 aromatic rings. The van der Waals surface area contributed by atoms with Gasteiger partial charge in [0.25, 0.3) is 10.0 Å². The van der Waals surface area contributed by atoms with Crippen LogP contribution in [0.25, 0.3) is 0 Å². The van der Waals surface area contributed by atoms with Gasteiger partial charge in [-0.1, -0.05) is 48.9 Å². The first kappa shape index (κ1) is 30.0. The first-order valence-corrected chi connectivity index (χ1v) is 14.1. The number of halogens is 3. The Balaban J connectivity index is 2.07. The monoisotopic (exact) mass is 577 g/mol. The number of amides is 2. The fourth-order valence-corrected chi connectivity index (χ4v) is 5.58. The molecule has 0 aromatic heterocycles. The maximum Gasteiger partial charge on any atom is 0.264 e. The molecule has 11 heteroatoms. The summed E-state index contributed by atoms with van der Waals surface area (Å²) < 4.78 is 55.7. The molecule has 2 amide bonds. The second kappa shape index (κ2) is 13.0. The van der Waals surface area contributed by atoms with Gasteiger partial charge in [-0.2, -0.15) is 0 Å². The van der Waals surface area contributed by atoms with Crippen LogP contribution in [0.4, 0.5) is 14.5 Å². The molecule has 3 aromatic carbocycles. The Kier molecular flexibility index (Phi) is 10.0. The molecule has 0 heterocycles. The number of rotatable bonds is 11. The van der Waals surface area contributed by atoms with Gasteiger partial charge in [0.1, 0.15) is 24.2 Å². The fourth-order valence-electron chi connectivity index (χ4n) is 3.98. The maximum absolute atomic E-state index is 13.9. The van der Waals surface area contributed by atoms with E-state index in [1.54, 1.807) is 26.8 Å². The molecule has 0 aliphatic rings. The molecule has 0 spiro atoms. The third kappa shape index (κ3) is 7.54. The molecule has 0 fully saturated rings. The molecule has 0 saturated heterocycles. The highest BCUT2D eigenvalue weighted by Crippen LogP contribution is 2.28. The predicted octanol–water partition coefficient (Wildman–Crippen LogP) is 5.15. The minimum absolute atomic E-state index is 0.0278. The van der Waals surface area contributed by atoms with Gasteiger partial charge in [-0.15, -0.1) is 0 Å². The van der Waals surface area contributed by atoms with Gasteiger partial charge in [0.2, 0.25) is 11.8 Å². The minimum Gasteiger partial charge on any atom is -0.352 e. The van der Waals surface area contributed by atoms with Crippen molar-refractivity contribution in [2.24, 2.45) is 0 Å². The maximum atomic E-state index is 13.9. The smallest absolute Gasteiger partial charge is 0.264 e. The lowest BCUT2D eigenvalue weighted by molar-refractivity contribution is -0.140. The lowest BCUT2D eigenvalue weighted by Crippen LogP contribution is -2.53. The van der Waals surface area contributed by atoms with Crippen molar-refractivity contribution in [1.29, 1.82) is 0 Å². The van der Waals surface area contributed by atoms with Gasteiger partial charge in [-0.3, -0.25) is 13.9 Å². The van der Waals surface area contributed by atoms with Crippen LogP contribution in [0.1, 0.15) is 32.8 Å². The van der Waals surface area contributed by atoms with Crippen LogP contribution in [-0.4, -0.2) is 43.8 Å². The second-order valence-electron chi connectivity index (χ2n) is 9.16. The third-order valence-corrected chi connectivity index (χ3v) is 7.96. The summed E-state index contributed by atoms with van der Waals surface area (Å²) >= 11 is 5.96. The molecule has 1 N–H and O–H groups in total. The van der Waals surface area contributed by atoms with Gasteiger partial charge in [0, 0.05) is 12.6 Å². The van der Waals surface area contributed by atoms with Crippen LogP contribution in [0.15, 0.2) is 77.7 Å². The number of benzene rings is 3. The number of hydrogen-bond donors (Lipinski definition) is 1.